The maximum Gasteiger partial charge on any atom is 0.365 e. The molecule has 0 bridgehead atoms. The topological polar surface area (TPSA) is 90.6 Å². The molecule has 0 aliphatic rings. The van der Waals surface area contributed by atoms with Crippen LogP contribution in [0.5, 0.6) is 5.75 Å². The van der Waals surface area contributed by atoms with Gasteiger partial charge in [-0.15, -0.1) is 10.2 Å². The van der Waals surface area contributed by atoms with E-state index in [1.165, 1.54) is 0 Å². The van der Waals surface area contributed by atoms with E-state index >= 15 is 0 Å². The lowest BCUT2D eigenvalue weighted by Gasteiger charge is -2.08. The van der Waals surface area contributed by atoms with E-state index in [9.17, 15) is 4.79 Å². The summed E-state index contributed by atoms with van der Waals surface area (Å²) in [5.41, 5.74) is 5.63. The van der Waals surface area contributed by atoms with Gasteiger partial charge in [0.15, 0.2) is 11.0 Å². The Morgan fingerprint density at radius 2 is 1.90 bits per heavy atom. The minimum atomic E-state index is -0.530. The number of methoxy groups -OCH3 is 1. The van der Waals surface area contributed by atoms with Crippen molar-refractivity contribution in [3.63, 3.8) is 0 Å². The van der Waals surface area contributed by atoms with E-state index in [1.54, 1.807) is 18.6 Å². The number of hydrogen-bond acceptors (Lipinski definition) is 8. The third-order valence-electron chi connectivity index (χ3n) is 4.24. The third-order valence-corrected chi connectivity index (χ3v) is 5.23. The maximum absolute atomic E-state index is 12.4. The van der Waals surface area contributed by atoms with Gasteiger partial charge in [0.05, 0.1) is 19.4 Å². The summed E-state index contributed by atoms with van der Waals surface area (Å²) in [7, 11) is 3.45. The number of aryl methyl sites for hydroxylation is 1. The first-order valence-corrected chi connectivity index (χ1v) is 10.1. The summed E-state index contributed by atoms with van der Waals surface area (Å²) < 4.78 is 12.1. The summed E-state index contributed by atoms with van der Waals surface area (Å²) in [4.78, 5) is 12.4. The lowest BCUT2D eigenvalue weighted by Crippen LogP contribution is -2.17. The van der Waals surface area contributed by atoms with Gasteiger partial charge in [-0.3, -0.25) is 5.43 Å². The SMILES string of the molecule is CCOC(=O)/C(=N\Nc1ccccc1C)Sc1nnc(-c2ccc(OC)cc2)n1C. The number of hydrogen-bond donors (Lipinski definition) is 1. The molecule has 8 nitrogen and oxygen atoms in total. The van der Waals surface area contributed by atoms with Crippen molar-refractivity contribution in [2.45, 2.75) is 19.0 Å². The van der Waals surface area contributed by atoms with E-state index in [1.807, 2.05) is 62.5 Å². The number of benzene rings is 2. The van der Waals surface area contributed by atoms with Crippen LogP contribution in [0, 0.1) is 6.92 Å². The molecule has 156 valence electrons. The number of rotatable bonds is 6. The summed E-state index contributed by atoms with van der Waals surface area (Å²) in [5, 5.41) is 13.4. The minimum absolute atomic E-state index is 0.136. The standard InChI is InChI=1S/C21H23N5O3S/c1-5-29-20(27)19(24-22-17-9-7-6-8-14(17)2)30-21-25-23-18(26(21)3)15-10-12-16(28-4)13-11-15/h6-13,22H,5H2,1-4H3/b24-19+. The van der Waals surface area contributed by atoms with Gasteiger partial charge in [0.2, 0.25) is 5.04 Å². The van der Waals surface area contributed by atoms with Gasteiger partial charge in [0, 0.05) is 12.6 Å². The summed E-state index contributed by atoms with van der Waals surface area (Å²) in [6.45, 7) is 3.95. The first-order valence-electron chi connectivity index (χ1n) is 9.31. The van der Waals surface area contributed by atoms with Gasteiger partial charge < -0.3 is 14.0 Å². The molecule has 0 atom stereocenters. The lowest BCUT2D eigenvalue weighted by molar-refractivity contribution is -0.134. The average molecular weight is 426 g/mol. The van der Waals surface area contributed by atoms with Gasteiger partial charge in [-0.25, -0.2) is 4.79 Å². The first-order chi connectivity index (χ1) is 14.5. The number of aromatic nitrogens is 3. The zero-order valence-corrected chi connectivity index (χ0v) is 18.1. The summed E-state index contributed by atoms with van der Waals surface area (Å²) >= 11 is 1.09. The predicted molar refractivity (Wildman–Crippen MR) is 118 cm³/mol. The quantitative estimate of drug-likeness (QED) is 0.211. The number of ether oxygens (including phenoxy) is 2. The van der Waals surface area contributed by atoms with E-state index in [0.717, 1.165) is 34.3 Å². The van der Waals surface area contributed by atoms with Crippen LogP contribution in [0.15, 0.2) is 58.8 Å². The molecule has 1 N–H and O–H groups in total. The van der Waals surface area contributed by atoms with Crippen LogP contribution in [0.4, 0.5) is 5.69 Å². The second-order valence-corrected chi connectivity index (χ2v) is 7.22. The highest BCUT2D eigenvalue weighted by Crippen LogP contribution is 2.26. The zero-order valence-electron chi connectivity index (χ0n) is 17.2. The lowest BCUT2D eigenvalue weighted by atomic mass is 10.2. The van der Waals surface area contributed by atoms with Gasteiger partial charge in [-0.05, 0) is 61.5 Å². The Labute approximate surface area is 179 Å². The zero-order chi connectivity index (χ0) is 21.5. The van der Waals surface area contributed by atoms with Gasteiger partial charge in [0.25, 0.3) is 0 Å². The smallest absolute Gasteiger partial charge is 0.365 e. The highest BCUT2D eigenvalue weighted by molar-refractivity contribution is 8.15. The Morgan fingerprint density at radius 1 is 1.17 bits per heavy atom. The number of nitrogens with one attached hydrogen (secondary N) is 1. The van der Waals surface area contributed by atoms with Crippen molar-refractivity contribution in [3.8, 4) is 17.1 Å². The molecular formula is C21H23N5O3S. The second-order valence-electron chi connectivity index (χ2n) is 6.26. The molecule has 0 aliphatic heterocycles. The van der Waals surface area contributed by atoms with Crippen LogP contribution in [-0.4, -0.2) is 39.5 Å². The third kappa shape index (κ3) is 4.98. The van der Waals surface area contributed by atoms with Crippen LogP contribution >= 0.6 is 11.8 Å². The molecule has 1 aromatic heterocycles. The van der Waals surface area contributed by atoms with Crippen molar-refractivity contribution in [1.82, 2.24) is 14.8 Å². The molecular weight excluding hydrogens is 402 g/mol. The van der Waals surface area contributed by atoms with E-state index in [0.29, 0.717) is 11.0 Å². The molecule has 1 heterocycles. The molecule has 0 saturated carbocycles. The minimum Gasteiger partial charge on any atom is -0.497 e. The predicted octanol–water partition coefficient (Wildman–Crippen LogP) is 3.88. The largest absolute Gasteiger partial charge is 0.497 e. The molecule has 0 amide bonds. The monoisotopic (exact) mass is 425 g/mol. The van der Waals surface area contributed by atoms with E-state index in [2.05, 4.69) is 20.7 Å². The van der Waals surface area contributed by atoms with Crippen LogP contribution in [0.3, 0.4) is 0 Å². The molecule has 30 heavy (non-hydrogen) atoms. The molecule has 0 aliphatic carbocycles. The summed E-state index contributed by atoms with van der Waals surface area (Å²) in [6.07, 6.45) is 0. The number of para-hydroxylation sites is 1. The molecule has 0 fully saturated rings. The fraction of sp³-hybridized carbons (Fsp3) is 0.238. The Morgan fingerprint density at radius 3 is 2.57 bits per heavy atom. The molecule has 0 saturated heterocycles. The molecule has 2 aromatic carbocycles. The van der Waals surface area contributed by atoms with Crippen molar-refractivity contribution in [3.05, 3.63) is 54.1 Å². The van der Waals surface area contributed by atoms with Crippen LogP contribution in [-0.2, 0) is 16.6 Å². The van der Waals surface area contributed by atoms with Crippen LogP contribution in [0.2, 0.25) is 0 Å². The Balaban J connectivity index is 1.85. The molecule has 0 spiro atoms. The van der Waals surface area contributed by atoms with Crippen LogP contribution < -0.4 is 10.2 Å². The van der Waals surface area contributed by atoms with E-state index in [4.69, 9.17) is 9.47 Å². The summed E-state index contributed by atoms with van der Waals surface area (Å²) in [5.74, 6) is 0.891. The number of esters is 1. The molecule has 9 heteroatoms. The Bertz CT molecular complexity index is 1050. The van der Waals surface area contributed by atoms with Gasteiger partial charge in [0.1, 0.15) is 5.75 Å². The highest BCUT2D eigenvalue weighted by atomic mass is 32.2. The number of thioether (sulfide) groups is 1. The summed E-state index contributed by atoms with van der Waals surface area (Å²) in [6, 6.07) is 15.2. The van der Waals surface area contributed by atoms with Crippen LogP contribution in [0.1, 0.15) is 12.5 Å². The van der Waals surface area contributed by atoms with Crippen molar-refractivity contribution >= 4 is 28.5 Å². The second kappa shape index (κ2) is 9.93. The fourth-order valence-corrected chi connectivity index (χ4v) is 3.31. The maximum atomic E-state index is 12.4. The Hall–Kier alpha value is -3.33. The number of anilines is 1. The van der Waals surface area contributed by atoms with E-state index in [-0.39, 0.29) is 11.7 Å². The normalized spacial score (nSPS) is 11.3. The van der Waals surface area contributed by atoms with Crippen molar-refractivity contribution in [2.24, 2.45) is 12.1 Å². The van der Waals surface area contributed by atoms with Crippen LogP contribution in [0.25, 0.3) is 11.4 Å². The Kier molecular flexibility index (Phi) is 7.08. The average Bonchev–Trinajstić information content (AvgIpc) is 3.12. The molecule has 3 aromatic rings. The van der Waals surface area contributed by atoms with Crippen molar-refractivity contribution in [2.75, 3.05) is 19.1 Å². The van der Waals surface area contributed by atoms with Crippen molar-refractivity contribution < 1.29 is 14.3 Å². The molecule has 0 unspecified atom stereocenters. The van der Waals surface area contributed by atoms with Gasteiger partial charge >= 0.3 is 5.97 Å². The number of carbonyl (C=O) groups is 1. The number of hydrazone groups is 1. The first kappa shape index (κ1) is 21.4. The fourth-order valence-electron chi connectivity index (χ4n) is 2.59. The van der Waals surface area contributed by atoms with Gasteiger partial charge in [-0.2, -0.15) is 5.10 Å². The highest BCUT2D eigenvalue weighted by Gasteiger charge is 2.20. The van der Waals surface area contributed by atoms with Crippen molar-refractivity contribution in [1.29, 1.82) is 0 Å². The molecule has 3 rings (SSSR count). The van der Waals surface area contributed by atoms with E-state index < -0.39 is 5.97 Å². The molecule has 0 radical (unpaired) electrons. The number of nitrogens with zero attached hydrogens (tertiary/aromatic N) is 4. The number of carbonyl (C=O) groups excluding carboxylic acids is 1. The van der Waals surface area contributed by atoms with Gasteiger partial charge in [-0.1, -0.05) is 18.2 Å².